The number of phenols is 1. The first-order valence-corrected chi connectivity index (χ1v) is 8.28. The molecule has 2 N–H and O–H groups in total. The predicted molar refractivity (Wildman–Crippen MR) is 98.5 cm³/mol. The van der Waals surface area contributed by atoms with Crippen molar-refractivity contribution in [3.05, 3.63) is 53.1 Å². The Bertz CT molecular complexity index is 801. The average molecular weight is 357 g/mol. The molecule has 0 spiro atoms. The van der Waals surface area contributed by atoms with Crippen LogP contribution in [0.4, 0.5) is 5.69 Å². The van der Waals surface area contributed by atoms with Crippen molar-refractivity contribution in [3.63, 3.8) is 0 Å². The molecule has 2 aromatic carbocycles. The zero-order chi connectivity index (χ0) is 19.1. The largest absolute Gasteiger partial charge is 0.504 e. The predicted octanol–water partition coefficient (Wildman–Crippen LogP) is 3.13. The number of amides is 1. The van der Waals surface area contributed by atoms with E-state index < -0.39 is 5.97 Å². The van der Waals surface area contributed by atoms with Gasteiger partial charge < -0.3 is 19.9 Å². The second-order valence-corrected chi connectivity index (χ2v) is 5.96. The third-order valence-corrected chi connectivity index (χ3v) is 4.10. The normalized spacial score (nSPS) is 10.3. The lowest BCUT2D eigenvalue weighted by Crippen LogP contribution is -2.21. The number of rotatable bonds is 7. The van der Waals surface area contributed by atoms with Crippen molar-refractivity contribution < 1.29 is 24.2 Å². The minimum atomic E-state index is -0.476. The van der Waals surface area contributed by atoms with E-state index in [4.69, 9.17) is 9.47 Å². The van der Waals surface area contributed by atoms with Crippen molar-refractivity contribution in [3.8, 4) is 11.5 Å². The van der Waals surface area contributed by atoms with E-state index in [-0.39, 0.29) is 24.7 Å². The Morgan fingerprint density at radius 3 is 2.62 bits per heavy atom. The lowest BCUT2D eigenvalue weighted by Gasteiger charge is -2.10. The van der Waals surface area contributed by atoms with Crippen LogP contribution in [-0.2, 0) is 20.7 Å². The molecule has 6 heteroatoms. The van der Waals surface area contributed by atoms with Gasteiger partial charge in [0.25, 0.3) is 5.91 Å². The van der Waals surface area contributed by atoms with Crippen LogP contribution >= 0.6 is 0 Å². The fourth-order valence-corrected chi connectivity index (χ4v) is 2.43. The number of ether oxygens (including phenoxy) is 2. The van der Waals surface area contributed by atoms with Crippen LogP contribution in [0.5, 0.6) is 11.5 Å². The van der Waals surface area contributed by atoms with Gasteiger partial charge in [-0.3, -0.25) is 9.59 Å². The molecule has 0 aliphatic carbocycles. The van der Waals surface area contributed by atoms with Crippen molar-refractivity contribution in [1.29, 1.82) is 0 Å². The highest BCUT2D eigenvalue weighted by atomic mass is 16.5. The van der Waals surface area contributed by atoms with Crippen molar-refractivity contribution in [2.24, 2.45) is 0 Å². The molecule has 1 amide bonds. The zero-order valence-electron chi connectivity index (χ0n) is 15.2. The van der Waals surface area contributed by atoms with Gasteiger partial charge >= 0.3 is 5.97 Å². The lowest BCUT2D eigenvalue weighted by atomic mass is 10.1. The number of methoxy groups -OCH3 is 1. The summed E-state index contributed by atoms with van der Waals surface area (Å²) >= 11 is 0. The highest BCUT2D eigenvalue weighted by molar-refractivity contribution is 5.93. The number of anilines is 1. The van der Waals surface area contributed by atoms with Crippen LogP contribution in [0.25, 0.3) is 0 Å². The Morgan fingerprint density at radius 2 is 1.92 bits per heavy atom. The van der Waals surface area contributed by atoms with Crippen LogP contribution in [0.1, 0.15) is 23.1 Å². The fourth-order valence-electron chi connectivity index (χ4n) is 2.43. The van der Waals surface area contributed by atoms with Gasteiger partial charge in [-0.15, -0.1) is 0 Å². The van der Waals surface area contributed by atoms with Crippen molar-refractivity contribution in [2.75, 3.05) is 19.0 Å². The molecule has 0 saturated heterocycles. The summed E-state index contributed by atoms with van der Waals surface area (Å²) in [5.41, 5.74) is 3.54. The van der Waals surface area contributed by atoms with Crippen molar-refractivity contribution >= 4 is 17.6 Å². The van der Waals surface area contributed by atoms with Crippen molar-refractivity contribution in [2.45, 2.75) is 26.7 Å². The molecule has 0 aromatic heterocycles. The molecular formula is C20H23NO5. The number of carbonyl (C=O) groups excluding carboxylic acids is 2. The number of aryl methyl sites for hydroxylation is 2. The standard InChI is InChI=1S/C20H23NO5/c1-13-5-4-6-16(14(13)2)21-19(23)12-26-20(24)10-8-15-7-9-18(25-3)17(22)11-15/h4-7,9,11,22H,8,10,12H2,1-3H3,(H,21,23). The summed E-state index contributed by atoms with van der Waals surface area (Å²) in [5.74, 6) is -0.462. The highest BCUT2D eigenvalue weighted by Crippen LogP contribution is 2.26. The average Bonchev–Trinajstić information content (AvgIpc) is 2.62. The van der Waals surface area contributed by atoms with Gasteiger partial charge in [0.05, 0.1) is 7.11 Å². The highest BCUT2D eigenvalue weighted by Gasteiger charge is 2.11. The van der Waals surface area contributed by atoms with Crippen LogP contribution in [0.3, 0.4) is 0 Å². The van der Waals surface area contributed by atoms with Gasteiger partial charge in [0.1, 0.15) is 0 Å². The molecule has 0 fully saturated rings. The SMILES string of the molecule is COc1ccc(CCC(=O)OCC(=O)Nc2cccc(C)c2C)cc1O. The molecule has 0 unspecified atom stereocenters. The van der Waals surface area contributed by atoms with Crippen LogP contribution < -0.4 is 10.1 Å². The summed E-state index contributed by atoms with van der Waals surface area (Å²) in [6.07, 6.45) is 0.511. The van der Waals surface area contributed by atoms with Gasteiger partial charge in [0.15, 0.2) is 18.1 Å². The molecule has 6 nitrogen and oxygen atoms in total. The Balaban J connectivity index is 1.78. The molecule has 0 aliphatic rings. The molecule has 0 aliphatic heterocycles. The Kier molecular flexibility index (Phi) is 6.60. The van der Waals surface area contributed by atoms with Gasteiger partial charge in [-0.25, -0.2) is 0 Å². The number of aromatic hydroxyl groups is 1. The number of benzene rings is 2. The second-order valence-electron chi connectivity index (χ2n) is 5.96. The van der Waals surface area contributed by atoms with Crippen LogP contribution in [0.2, 0.25) is 0 Å². The second kappa shape index (κ2) is 8.89. The monoisotopic (exact) mass is 357 g/mol. The molecule has 26 heavy (non-hydrogen) atoms. The van der Waals surface area contributed by atoms with E-state index in [1.165, 1.54) is 7.11 Å². The summed E-state index contributed by atoms with van der Waals surface area (Å²) in [5, 5.41) is 12.5. The smallest absolute Gasteiger partial charge is 0.306 e. The summed E-state index contributed by atoms with van der Waals surface area (Å²) < 4.78 is 9.97. The topological polar surface area (TPSA) is 84.9 Å². The minimum absolute atomic E-state index is 0.0197. The number of esters is 1. The van der Waals surface area contributed by atoms with Crippen LogP contribution in [-0.4, -0.2) is 30.7 Å². The van der Waals surface area contributed by atoms with E-state index in [1.54, 1.807) is 24.3 Å². The van der Waals surface area contributed by atoms with E-state index >= 15 is 0 Å². The first kappa shape index (κ1) is 19.3. The summed E-state index contributed by atoms with van der Waals surface area (Å²) in [6.45, 7) is 3.54. The minimum Gasteiger partial charge on any atom is -0.504 e. The van der Waals surface area contributed by atoms with E-state index in [0.29, 0.717) is 17.9 Å². The number of hydrogen-bond acceptors (Lipinski definition) is 5. The fraction of sp³-hybridized carbons (Fsp3) is 0.300. The molecule has 0 bridgehead atoms. The van der Waals surface area contributed by atoms with E-state index in [9.17, 15) is 14.7 Å². The number of hydrogen-bond donors (Lipinski definition) is 2. The first-order valence-electron chi connectivity index (χ1n) is 8.28. The van der Waals surface area contributed by atoms with Gasteiger partial charge in [0, 0.05) is 12.1 Å². The molecular weight excluding hydrogens is 334 g/mol. The van der Waals surface area contributed by atoms with E-state index in [1.807, 2.05) is 26.0 Å². The molecule has 2 aromatic rings. The maximum absolute atomic E-state index is 11.9. The Labute approximate surface area is 152 Å². The molecule has 2 rings (SSSR count). The van der Waals surface area contributed by atoms with Crippen LogP contribution in [0, 0.1) is 13.8 Å². The quantitative estimate of drug-likeness (QED) is 0.744. The Hall–Kier alpha value is -3.02. The maximum atomic E-state index is 11.9. The van der Waals surface area contributed by atoms with Gasteiger partial charge in [-0.2, -0.15) is 0 Å². The van der Waals surface area contributed by atoms with Crippen molar-refractivity contribution in [1.82, 2.24) is 0 Å². The third kappa shape index (κ3) is 5.24. The van der Waals surface area contributed by atoms with Crippen LogP contribution in [0.15, 0.2) is 36.4 Å². The third-order valence-electron chi connectivity index (χ3n) is 4.10. The lowest BCUT2D eigenvalue weighted by molar-refractivity contribution is -0.147. The number of carbonyl (C=O) groups is 2. The molecule has 138 valence electrons. The van der Waals surface area contributed by atoms with Gasteiger partial charge in [-0.05, 0) is 55.2 Å². The summed E-state index contributed by atoms with van der Waals surface area (Å²) in [7, 11) is 1.47. The zero-order valence-corrected chi connectivity index (χ0v) is 15.2. The maximum Gasteiger partial charge on any atom is 0.306 e. The molecule has 0 atom stereocenters. The molecule has 0 heterocycles. The number of nitrogens with one attached hydrogen (secondary N) is 1. The Morgan fingerprint density at radius 1 is 1.15 bits per heavy atom. The van der Waals surface area contributed by atoms with Gasteiger partial charge in [-0.1, -0.05) is 18.2 Å². The molecule has 0 radical (unpaired) electrons. The van der Waals surface area contributed by atoms with E-state index in [2.05, 4.69) is 5.32 Å². The van der Waals surface area contributed by atoms with E-state index in [0.717, 1.165) is 16.7 Å². The molecule has 0 saturated carbocycles. The van der Waals surface area contributed by atoms with Gasteiger partial charge in [0.2, 0.25) is 0 Å². The summed E-state index contributed by atoms with van der Waals surface area (Å²) in [4.78, 5) is 23.7. The first-order chi connectivity index (χ1) is 12.4. The number of phenolic OH excluding ortho intramolecular Hbond substituents is 1. The summed E-state index contributed by atoms with van der Waals surface area (Å²) in [6, 6.07) is 10.6.